The molecule has 10 heteroatoms. The summed E-state index contributed by atoms with van der Waals surface area (Å²) < 4.78 is 5.05. The molecule has 1 aliphatic rings. The van der Waals surface area contributed by atoms with Crippen LogP contribution in [0.5, 0.6) is 0 Å². The fourth-order valence-corrected chi connectivity index (χ4v) is 3.74. The van der Waals surface area contributed by atoms with Crippen LogP contribution in [0.3, 0.4) is 0 Å². The summed E-state index contributed by atoms with van der Waals surface area (Å²) >= 11 is 1.11. The number of nitrogens with one attached hydrogen (secondary N) is 1. The zero-order chi connectivity index (χ0) is 22.1. The Morgan fingerprint density at radius 2 is 1.81 bits per heavy atom. The largest absolute Gasteiger partial charge is 0.452 e. The van der Waals surface area contributed by atoms with Gasteiger partial charge in [0.15, 0.2) is 6.61 Å². The van der Waals surface area contributed by atoms with Gasteiger partial charge in [-0.2, -0.15) is 0 Å². The molecule has 156 valence electrons. The number of aromatic nitrogens is 2. The van der Waals surface area contributed by atoms with Gasteiger partial charge in [-0.1, -0.05) is 23.5 Å². The number of nitrogens with zero attached hydrogens (tertiary/aromatic N) is 3. The normalized spacial score (nSPS) is 12.6. The minimum absolute atomic E-state index is 0.0542. The maximum Gasteiger partial charge on any atom is 0.338 e. The van der Waals surface area contributed by atoms with Gasteiger partial charge in [-0.05, 0) is 49.7 Å². The van der Waals surface area contributed by atoms with Crippen LogP contribution in [0.15, 0.2) is 42.5 Å². The van der Waals surface area contributed by atoms with Gasteiger partial charge in [0, 0.05) is 5.69 Å². The van der Waals surface area contributed by atoms with E-state index in [-0.39, 0.29) is 21.8 Å². The molecule has 0 unspecified atom stereocenters. The number of anilines is 2. The predicted molar refractivity (Wildman–Crippen MR) is 112 cm³/mol. The second-order valence-electron chi connectivity index (χ2n) is 6.80. The molecule has 0 atom stereocenters. The zero-order valence-corrected chi connectivity index (χ0v) is 17.4. The molecule has 0 fully saturated rings. The second kappa shape index (κ2) is 8.07. The average Bonchev–Trinajstić information content (AvgIpc) is 3.26. The standard InChI is InChI=1S/C21H16N4O5S/c1-11-4-3-5-14(8-11)22-17(26)10-30-20(29)13-6-7-15-16(9-13)19(28)25(18(15)27)21-24-23-12(2)31-21/h3-9H,10H2,1-2H3,(H,22,26). The van der Waals surface area contributed by atoms with Gasteiger partial charge in [0.25, 0.3) is 17.7 Å². The van der Waals surface area contributed by atoms with E-state index in [0.717, 1.165) is 21.8 Å². The van der Waals surface area contributed by atoms with Gasteiger partial charge in [-0.3, -0.25) is 14.4 Å². The number of rotatable bonds is 5. The van der Waals surface area contributed by atoms with E-state index in [1.54, 1.807) is 25.1 Å². The smallest absolute Gasteiger partial charge is 0.338 e. The first-order valence-corrected chi connectivity index (χ1v) is 10.0. The van der Waals surface area contributed by atoms with Gasteiger partial charge >= 0.3 is 5.97 Å². The number of hydrogen-bond acceptors (Lipinski definition) is 8. The molecule has 9 nitrogen and oxygen atoms in total. The Balaban J connectivity index is 1.44. The Labute approximate surface area is 180 Å². The van der Waals surface area contributed by atoms with Crippen molar-refractivity contribution in [1.29, 1.82) is 0 Å². The van der Waals surface area contributed by atoms with Crippen LogP contribution in [-0.4, -0.2) is 40.5 Å². The van der Waals surface area contributed by atoms with Crippen LogP contribution in [-0.2, 0) is 9.53 Å². The highest BCUT2D eigenvalue weighted by Gasteiger charge is 2.39. The Morgan fingerprint density at radius 3 is 2.52 bits per heavy atom. The molecule has 2 aromatic carbocycles. The minimum Gasteiger partial charge on any atom is -0.452 e. The van der Waals surface area contributed by atoms with Crippen molar-refractivity contribution in [3.63, 3.8) is 0 Å². The Hall–Kier alpha value is -3.92. The van der Waals surface area contributed by atoms with Crippen LogP contribution >= 0.6 is 11.3 Å². The highest BCUT2D eigenvalue weighted by Crippen LogP contribution is 2.30. The molecule has 1 N–H and O–H groups in total. The molecule has 0 aliphatic carbocycles. The number of aryl methyl sites for hydroxylation is 2. The molecule has 0 bridgehead atoms. The predicted octanol–water partition coefficient (Wildman–Crippen LogP) is 2.75. The summed E-state index contributed by atoms with van der Waals surface area (Å²) in [7, 11) is 0. The number of carbonyl (C=O) groups excluding carboxylic acids is 4. The number of imide groups is 1. The summed E-state index contributed by atoms with van der Waals surface area (Å²) in [5, 5.41) is 11.1. The monoisotopic (exact) mass is 436 g/mol. The summed E-state index contributed by atoms with van der Waals surface area (Å²) in [6.45, 7) is 3.11. The summed E-state index contributed by atoms with van der Waals surface area (Å²) in [4.78, 5) is 50.6. The fourth-order valence-electron chi connectivity index (χ4n) is 3.05. The highest BCUT2D eigenvalue weighted by molar-refractivity contribution is 7.15. The zero-order valence-electron chi connectivity index (χ0n) is 16.5. The van der Waals surface area contributed by atoms with Crippen molar-refractivity contribution in [1.82, 2.24) is 10.2 Å². The SMILES string of the molecule is Cc1cccc(NC(=O)COC(=O)c2ccc3c(c2)C(=O)N(c2nnc(C)s2)C3=O)c1. The molecule has 0 spiro atoms. The van der Waals surface area contributed by atoms with Crippen molar-refractivity contribution in [2.24, 2.45) is 0 Å². The number of esters is 1. The van der Waals surface area contributed by atoms with E-state index < -0.39 is 30.3 Å². The van der Waals surface area contributed by atoms with Crippen molar-refractivity contribution in [3.8, 4) is 0 Å². The van der Waals surface area contributed by atoms with Gasteiger partial charge in [0.1, 0.15) is 5.01 Å². The molecule has 1 aromatic heterocycles. The minimum atomic E-state index is -0.785. The number of fused-ring (bicyclic) bond motifs is 1. The lowest BCUT2D eigenvalue weighted by molar-refractivity contribution is -0.119. The summed E-state index contributed by atoms with van der Waals surface area (Å²) in [6.07, 6.45) is 0. The van der Waals surface area contributed by atoms with E-state index in [9.17, 15) is 19.2 Å². The summed E-state index contributed by atoms with van der Waals surface area (Å²) in [5.74, 6) is -2.41. The van der Waals surface area contributed by atoms with Crippen molar-refractivity contribution in [2.45, 2.75) is 13.8 Å². The van der Waals surface area contributed by atoms with Crippen molar-refractivity contribution in [3.05, 3.63) is 69.7 Å². The molecular weight excluding hydrogens is 420 g/mol. The third kappa shape index (κ3) is 4.05. The maximum atomic E-state index is 12.7. The Morgan fingerprint density at radius 1 is 1.03 bits per heavy atom. The maximum absolute atomic E-state index is 12.7. The molecule has 2 heterocycles. The van der Waals surface area contributed by atoms with E-state index in [0.29, 0.717) is 10.7 Å². The van der Waals surface area contributed by atoms with E-state index in [1.165, 1.54) is 18.2 Å². The first-order valence-electron chi connectivity index (χ1n) is 9.20. The van der Waals surface area contributed by atoms with E-state index in [2.05, 4.69) is 15.5 Å². The molecular formula is C21H16N4O5S. The third-order valence-electron chi connectivity index (χ3n) is 4.47. The first-order chi connectivity index (χ1) is 14.8. The highest BCUT2D eigenvalue weighted by atomic mass is 32.1. The Bertz CT molecular complexity index is 1240. The number of carbonyl (C=O) groups is 4. The second-order valence-corrected chi connectivity index (χ2v) is 7.96. The van der Waals surface area contributed by atoms with Gasteiger partial charge < -0.3 is 10.1 Å². The third-order valence-corrected chi connectivity index (χ3v) is 5.29. The molecule has 0 radical (unpaired) electrons. The van der Waals surface area contributed by atoms with E-state index in [4.69, 9.17) is 4.74 Å². The van der Waals surface area contributed by atoms with Gasteiger partial charge in [0.05, 0.1) is 16.7 Å². The van der Waals surface area contributed by atoms with Crippen molar-refractivity contribution in [2.75, 3.05) is 16.8 Å². The molecule has 0 saturated carbocycles. The molecule has 1 aliphatic heterocycles. The van der Waals surface area contributed by atoms with Gasteiger partial charge in [-0.25, -0.2) is 9.69 Å². The number of hydrogen-bond donors (Lipinski definition) is 1. The van der Waals surface area contributed by atoms with Crippen LogP contribution in [0.4, 0.5) is 10.8 Å². The fraction of sp³-hybridized carbons (Fsp3) is 0.143. The number of ether oxygens (including phenoxy) is 1. The Kier molecular flexibility index (Phi) is 5.30. The lowest BCUT2D eigenvalue weighted by Gasteiger charge is -2.08. The van der Waals surface area contributed by atoms with Crippen molar-refractivity contribution >= 4 is 45.8 Å². The molecule has 4 rings (SSSR count). The lowest BCUT2D eigenvalue weighted by Crippen LogP contribution is -2.29. The quantitative estimate of drug-likeness (QED) is 0.482. The van der Waals surface area contributed by atoms with Crippen LogP contribution in [0, 0.1) is 13.8 Å². The molecule has 3 aromatic rings. The molecule has 0 saturated heterocycles. The number of benzene rings is 2. The lowest BCUT2D eigenvalue weighted by atomic mass is 10.1. The number of amides is 3. The summed E-state index contributed by atoms with van der Waals surface area (Å²) in [6, 6.07) is 11.2. The van der Waals surface area contributed by atoms with E-state index >= 15 is 0 Å². The van der Waals surface area contributed by atoms with Crippen LogP contribution in [0.2, 0.25) is 0 Å². The summed E-state index contributed by atoms with van der Waals surface area (Å²) in [5.41, 5.74) is 1.85. The van der Waals surface area contributed by atoms with Crippen LogP contribution in [0.1, 0.15) is 41.6 Å². The van der Waals surface area contributed by atoms with E-state index in [1.807, 2.05) is 13.0 Å². The average molecular weight is 436 g/mol. The van der Waals surface area contributed by atoms with Gasteiger partial charge in [0.2, 0.25) is 5.13 Å². The van der Waals surface area contributed by atoms with Crippen LogP contribution in [0.25, 0.3) is 0 Å². The van der Waals surface area contributed by atoms with Gasteiger partial charge in [-0.15, -0.1) is 10.2 Å². The molecule has 31 heavy (non-hydrogen) atoms. The van der Waals surface area contributed by atoms with Crippen LogP contribution < -0.4 is 10.2 Å². The molecule has 3 amide bonds. The topological polar surface area (TPSA) is 119 Å². The van der Waals surface area contributed by atoms with Crippen molar-refractivity contribution < 1.29 is 23.9 Å². The first kappa shape index (κ1) is 20.4.